The van der Waals surface area contributed by atoms with Gasteiger partial charge in [0.2, 0.25) is 0 Å². The van der Waals surface area contributed by atoms with Crippen LogP contribution in [0.4, 0.5) is 5.69 Å². The summed E-state index contributed by atoms with van der Waals surface area (Å²) >= 11 is 0. The highest BCUT2D eigenvalue weighted by Crippen LogP contribution is 2.32. The van der Waals surface area contributed by atoms with Gasteiger partial charge in [0.1, 0.15) is 0 Å². The van der Waals surface area contributed by atoms with E-state index in [1.54, 1.807) is 24.3 Å². The minimum atomic E-state index is -3.61. The number of anilines is 1. The molecule has 2 fully saturated rings. The van der Waals surface area contributed by atoms with Gasteiger partial charge in [0.05, 0.1) is 23.6 Å². The molecule has 1 saturated carbocycles. The molecule has 7 heteroatoms. The molecule has 2 N–H and O–H groups in total. The van der Waals surface area contributed by atoms with Gasteiger partial charge in [0, 0.05) is 35.9 Å². The average Bonchev–Trinajstić information content (AvgIpc) is 3.25. The number of hydrogen-bond donors (Lipinski definition) is 2. The fraction of sp³-hybridized carbons (Fsp3) is 0.481. The van der Waals surface area contributed by atoms with E-state index in [-0.39, 0.29) is 0 Å². The second kappa shape index (κ2) is 12.9. The van der Waals surface area contributed by atoms with Crippen LogP contribution in [0.1, 0.15) is 51.6 Å². The number of aryl methyl sites for hydroxylation is 1. The van der Waals surface area contributed by atoms with E-state index in [9.17, 15) is 8.42 Å². The topological polar surface area (TPSA) is 72.4 Å². The number of hydrogen-bond acceptors (Lipinski definition) is 5. The molecule has 1 aliphatic heterocycles. The molecule has 186 valence electrons. The molecule has 1 aromatic heterocycles. The Morgan fingerprint density at radius 3 is 2.21 bits per heavy atom. The zero-order valence-electron chi connectivity index (χ0n) is 20.7. The number of ether oxygens (including phenoxy) is 1. The van der Waals surface area contributed by atoms with Crippen LogP contribution >= 0.6 is 0 Å². The second-order valence-corrected chi connectivity index (χ2v) is 10.2. The minimum Gasteiger partial charge on any atom is -0.382 e. The maximum absolute atomic E-state index is 13.2. The molecule has 2 aromatic carbocycles. The number of rotatable bonds is 4. The summed E-state index contributed by atoms with van der Waals surface area (Å²) in [6, 6.07) is 16.9. The highest BCUT2D eigenvalue weighted by atomic mass is 32.2. The molecule has 0 spiro atoms. The lowest BCUT2D eigenvalue weighted by Gasteiger charge is -2.24. The van der Waals surface area contributed by atoms with Crippen LogP contribution in [0.15, 0.2) is 59.5 Å². The molecule has 3 aromatic rings. The minimum absolute atomic E-state index is 0.311. The van der Waals surface area contributed by atoms with Gasteiger partial charge in [-0.3, -0.25) is 0 Å². The number of nitrogens with one attached hydrogen (secondary N) is 2. The first-order chi connectivity index (χ1) is 16.6. The van der Waals surface area contributed by atoms with E-state index in [0.717, 1.165) is 48.6 Å². The lowest BCUT2D eigenvalue weighted by molar-refractivity contribution is 0.109. The first-order valence-corrected chi connectivity index (χ1v) is 14.0. The second-order valence-electron chi connectivity index (χ2n) is 8.45. The molecule has 2 aliphatic rings. The maximum Gasteiger partial charge on any atom is 0.268 e. The zero-order valence-corrected chi connectivity index (χ0v) is 21.5. The van der Waals surface area contributed by atoms with E-state index in [2.05, 4.69) is 16.7 Å². The summed E-state index contributed by atoms with van der Waals surface area (Å²) in [5, 5.41) is 7.77. The van der Waals surface area contributed by atoms with Gasteiger partial charge in [-0.2, -0.15) is 0 Å². The van der Waals surface area contributed by atoms with Crippen molar-refractivity contribution in [3.8, 4) is 0 Å². The summed E-state index contributed by atoms with van der Waals surface area (Å²) in [5.41, 5.74) is 2.48. The Kier molecular flexibility index (Phi) is 9.99. The molecule has 5 rings (SSSR count). The van der Waals surface area contributed by atoms with Crippen molar-refractivity contribution in [1.29, 1.82) is 0 Å². The van der Waals surface area contributed by atoms with Gasteiger partial charge in [-0.05, 0) is 50.1 Å². The van der Waals surface area contributed by atoms with E-state index in [1.165, 1.54) is 36.1 Å². The summed E-state index contributed by atoms with van der Waals surface area (Å²) < 4.78 is 32.8. The van der Waals surface area contributed by atoms with Crippen molar-refractivity contribution >= 4 is 26.6 Å². The van der Waals surface area contributed by atoms with Crippen molar-refractivity contribution in [2.75, 3.05) is 31.6 Å². The predicted octanol–water partition coefficient (Wildman–Crippen LogP) is 5.56. The SMILES string of the molecule is C1COCCN1.CC.Cc1cc2c(NC3CCCCC3)cccc2n1S(=O)(=O)c1ccccc1. The lowest BCUT2D eigenvalue weighted by atomic mass is 9.95. The third kappa shape index (κ3) is 6.40. The van der Waals surface area contributed by atoms with Crippen LogP contribution in [0, 0.1) is 6.92 Å². The summed E-state index contributed by atoms with van der Waals surface area (Å²) in [5.74, 6) is 0. The third-order valence-corrected chi connectivity index (χ3v) is 7.90. The Balaban J connectivity index is 0.000000348. The van der Waals surface area contributed by atoms with E-state index < -0.39 is 10.0 Å². The first-order valence-electron chi connectivity index (χ1n) is 12.5. The largest absolute Gasteiger partial charge is 0.382 e. The lowest BCUT2D eigenvalue weighted by Crippen LogP contribution is -2.30. The Labute approximate surface area is 204 Å². The summed E-state index contributed by atoms with van der Waals surface area (Å²) in [4.78, 5) is 0.311. The Bertz CT molecular complexity index is 1110. The van der Waals surface area contributed by atoms with E-state index in [0.29, 0.717) is 10.9 Å². The van der Waals surface area contributed by atoms with Crippen molar-refractivity contribution in [2.45, 2.75) is 63.8 Å². The molecule has 0 atom stereocenters. The van der Waals surface area contributed by atoms with Crippen molar-refractivity contribution in [3.05, 3.63) is 60.3 Å². The van der Waals surface area contributed by atoms with Crippen LogP contribution < -0.4 is 10.6 Å². The number of aromatic nitrogens is 1. The first kappa shape index (κ1) is 26.3. The predicted molar refractivity (Wildman–Crippen MR) is 141 cm³/mol. The van der Waals surface area contributed by atoms with Gasteiger partial charge in [0.25, 0.3) is 10.0 Å². The van der Waals surface area contributed by atoms with Gasteiger partial charge >= 0.3 is 0 Å². The summed E-state index contributed by atoms with van der Waals surface area (Å²) in [6.45, 7) is 9.69. The fourth-order valence-electron chi connectivity index (χ4n) is 4.46. The summed E-state index contributed by atoms with van der Waals surface area (Å²) in [6.07, 6.45) is 6.19. The van der Waals surface area contributed by atoms with Crippen LogP contribution in [-0.4, -0.2) is 44.7 Å². The van der Waals surface area contributed by atoms with Crippen molar-refractivity contribution < 1.29 is 13.2 Å². The average molecular weight is 486 g/mol. The molecule has 0 radical (unpaired) electrons. The van der Waals surface area contributed by atoms with Gasteiger partial charge in [0.15, 0.2) is 0 Å². The number of benzene rings is 2. The van der Waals surface area contributed by atoms with Crippen LogP contribution in [0.3, 0.4) is 0 Å². The monoisotopic (exact) mass is 485 g/mol. The van der Waals surface area contributed by atoms with Crippen LogP contribution in [0.5, 0.6) is 0 Å². The standard InChI is InChI=1S/C21H24N2O2S.C4H9NO.C2H6/c1-16-15-19-20(22-17-9-4-2-5-10-17)13-8-14-21(19)23(16)26(24,25)18-11-6-3-7-12-18;1-3-6-4-2-5-1;1-2/h3,6-8,11-15,17,22H,2,4-5,9-10H2,1H3;5H,1-4H2;1-2H3. The zero-order chi connectivity index (χ0) is 24.4. The van der Waals surface area contributed by atoms with Gasteiger partial charge < -0.3 is 15.4 Å². The van der Waals surface area contributed by atoms with E-state index >= 15 is 0 Å². The fourth-order valence-corrected chi connectivity index (χ4v) is 6.03. The van der Waals surface area contributed by atoms with Crippen LogP contribution in [0.2, 0.25) is 0 Å². The normalized spacial score (nSPS) is 16.7. The Morgan fingerprint density at radius 1 is 0.941 bits per heavy atom. The molecule has 0 amide bonds. The molecular formula is C27H39N3O3S. The van der Waals surface area contributed by atoms with Crippen molar-refractivity contribution in [1.82, 2.24) is 9.29 Å². The quantitative estimate of drug-likeness (QED) is 0.506. The smallest absolute Gasteiger partial charge is 0.268 e. The maximum atomic E-state index is 13.2. The Morgan fingerprint density at radius 2 is 1.62 bits per heavy atom. The molecule has 0 unspecified atom stereocenters. The number of nitrogens with zero attached hydrogens (tertiary/aromatic N) is 1. The van der Waals surface area contributed by atoms with E-state index in [4.69, 9.17) is 4.74 Å². The molecule has 6 nitrogen and oxygen atoms in total. The molecule has 1 aliphatic carbocycles. The van der Waals surface area contributed by atoms with Crippen LogP contribution in [0.25, 0.3) is 10.9 Å². The molecule has 34 heavy (non-hydrogen) atoms. The van der Waals surface area contributed by atoms with Crippen molar-refractivity contribution in [3.63, 3.8) is 0 Å². The van der Waals surface area contributed by atoms with Crippen LogP contribution in [-0.2, 0) is 14.8 Å². The number of fused-ring (bicyclic) bond motifs is 1. The van der Waals surface area contributed by atoms with E-state index in [1.807, 2.05) is 45.0 Å². The van der Waals surface area contributed by atoms with Gasteiger partial charge in [-0.15, -0.1) is 0 Å². The number of morpholine rings is 1. The molecular weight excluding hydrogens is 446 g/mol. The third-order valence-electron chi connectivity index (χ3n) is 6.07. The molecule has 2 heterocycles. The van der Waals surface area contributed by atoms with Gasteiger partial charge in [-0.25, -0.2) is 12.4 Å². The Hall–Kier alpha value is -2.35. The molecule has 0 bridgehead atoms. The van der Waals surface area contributed by atoms with Crippen molar-refractivity contribution in [2.24, 2.45) is 0 Å². The highest BCUT2D eigenvalue weighted by molar-refractivity contribution is 7.90. The highest BCUT2D eigenvalue weighted by Gasteiger charge is 2.23. The summed E-state index contributed by atoms with van der Waals surface area (Å²) in [7, 11) is -3.61. The van der Waals surface area contributed by atoms with Gasteiger partial charge in [-0.1, -0.05) is 57.4 Å². The molecule has 1 saturated heterocycles.